The lowest BCUT2D eigenvalue weighted by molar-refractivity contribution is -0.113. The number of allylic oxidation sites excluding steroid dienone is 1. The Morgan fingerprint density at radius 2 is 1.90 bits per heavy atom. The predicted molar refractivity (Wildman–Crippen MR) is 112 cm³/mol. The van der Waals surface area contributed by atoms with E-state index in [0.717, 1.165) is 12.0 Å². The molecule has 0 heterocycles. The second kappa shape index (κ2) is 10.2. The maximum absolute atomic E-state index is 12.6. The van der Waals surface area contributed by atoms with Crippen LogP contribution in [-0.4, -0.2) is 23.4 Å². The molecule has 0 radical (unpaired) electrons. The maximum Gasteiger partial charge on any atom is 0.279 e. The average Bonchev–Trinajstić information content (AvgIpc) is 2.67. The molecule has 2 aromatic carbocycles. The van der Waals surface area contributed by atoms with E-state index in [1.165, 1.54) is 13.8 Å². The Kier molecular flexibility index (Phi) is 7.65. The van der Waals surface area contributed by atoms with Gasteiger partial charge in [0, 0.05) is 11.3 Å². The molecule has 0 saturated carbocycles. The van der Waals surface area contributed by atoms with Gasteiger partial charge in [0.2, 0.25) is 0 Å². The summed E-state index contributed by atoms with van der Waals surface area (Å²) < 4.78 is 5.66. The first-order valence-corrected chi connectivity index (χ1v) is 9.29. The number of carbonyl (C=O) groups excluding carboxylic acids is 2. The van der Waals surface area contributed by atoms with Gasteiger partial charge in [0.15, 0.2) is 11.5 Å². The fraction of sp³-hybridized carbons (Fsp3) is 0.273. The van der Waals surface area contributed by atoms with Crippen LogP contribution >= 0.6 is 0 Å². The number of aliphatic hydroxyl groups is 1. The van der Waals surface area contributed by atoms with Crippen LogP contribution in [0.3, 0.4) is 0 Å². The molecular formula is C22H25N3O4. The topological polar surface area (TPSA) is 100 Å². The number of hydrogen-bond acceptors (Lipinski definition) is 6. The van der Waals surface area contributed by atoms with Crippen molar-refractivity contribution in [2.45, 2.75) is 34.1 Å². The number of aryl methyl sites for hydroxylation is 1. The van der Waals surface area contributed by atoms with Gasteiger partial charge in [0.05, 0.1) is 6.61 Å². The van der Waals surface area contributed by atoms with Gasteiger partial charge in [-0.15, -0.1) is 10.2 Å². The Hall–Kier alpha value is -3.48. The molecule has 0 aliphatic rings. The highest BCUT2D eigenvalue weighted by Crippen LogP contribution is 2.30. The lowest BCUT2D eigenvalue weighted by Crippen LogP contribution is -2.15. The number of amides is 1. The van der Waals surface area contributed by atoms with Gasteiger partial charge in [-0.2, -0.15) is 0 Å². The van der Waals surface area contributed by atoms with Gasteiger partial charge in [-0.3, -0.25) is 9.59 Å². The van der Waals surface area contributed by atoms with E-state index >= 15 is 0 Å². The van der Waals surface area contributed by atoms with Crippen molar-refractivity contribution in [3.8, 4) is 5.75 Å². The first-order valence-electron chi connectivity index (χ1n) is 9.29. The van der Waals surface area contributed by atoms with E-state index in [1.807, 2.05) is 19.9 Å². The molecule has 0 unspecified atom stereocenters. The molecule has 7 heteroatoms. The third-order valence-electron chi connectivity index (χ3n) is 3.92. The van der Waals surface area contributed by atoms with Gasteiger partial charge in [-0.05, 0) is 57.0 Å². The van der Waals surface area contributed by atoms with Crippen molar-refractivity contribution < 1.29 is 19.4 Å². The number of aliphatic hydroxyl groups excluding tert-OH is 1. The quantitative estimate of drug-likeness (QED) is 0.267. The third-order valence-corrected chi connectivity index (χ3v) is 3.92. The normalized spacial score (nSPS) is 11.9. The smallest absolute Gasteiger partial charge is 0.279 e. The van der Waals surface area contributed by atoms with Crippen molar-refractivity contribution in [3.05, 3.63) is 65.0 Å². The van der Waals surface area contributed by atoms with Gasteiger partial charge >= 0.3 is 0 Å². The molecule has 7 nitrogen and oxygen atoms in total. The fourth-order valence-corrected chi connectivity index (χ4v) is 2.43. The highest BCUT2D eigenvalue weighted by Gasteiger charge is 2.14. The van der Waals surface area contributed by atoms with Crippen molar-refractivity contribution in [1.29, 1.82) is 0 Å². The second-order valence-electron chi connectivity index (χ2n) is 6.54. The van der Waals surface area contributed by atoms with Gasteiger partial charge < -0.3 is 15.2 Å². The molecule has 0 bridgehead atoms. The predicted octanol–water partition coefficient (Wildman–Crippen LogP) is 5.50. The standard InChI is InChI=1S/C22H25N3O4/c1-5-11-29-20-10-9-14(2)12-19(20)24-25-21(16(4)27)22(28)23-18-8-6-7-17(13-18)15(3)26/h6-10,12-13,27H,5,11H2,1-4H3,(H,23,28)/b21-16-,25-24?. The number of benzene rings is 2. The van der Waals surface area contributed by atoms with Crippen molar-refractivity contribution in [2.24, 2.45) is 10.2 Å². The van der Waals surface area contributed by atoms with Crippen LogP contribution in [0.4, 0.5) is 11.4 Å². The Labute approximate surface area is 170 Å². The molecule has 2 aromatic rings. The molecule has 0 spiro atoms. The summed E-state index contributed by atoms with van der Waals surface area (Å²) >= 11 is 0. The van der Waals surface area contributed by atoms with E-state index in [9.17, 15) is 14.7 Å². The van der Waals surface area contributed by atoms with Crippen LogP contribution in [0.25, 0.3) is 0 Å². The number of nitrogens with one attached hydrogen (secondary N) is 1. The minimum absolute atomic E-state index is 0.117. The zero-order valence-corrected chi connectivity index (χ0v) is 17.0. The van der Waals surface area contributed by atoms with E-state index in [-0.39, 0.29) is 17.2 Å². The highest BCUT2D eigenvalue weighted by molar-refractivity contribution is 6.04. The largest absolute Gasteiger partial charge is 0.510 e. The number of anilines is 1. The molecule has 0 saturated heterocycles. The molecule has 0 atom stereocenters. The molecule has 152 valence electrons. The zero-order chi connectivity index (χ0) is 21.4. The summed E-state index contributed by atoms with van der Waals surface area (Å²) in [7, 11) is 0. The number of hydrogen-bond donors (Lipinski definition) is 2. The van der Waals surface area contributed by atoms with E-state index in [2.05, 4.69) is 15.5 Å². The Morgan fingerprint density at radius 3 is 2.55 bits per heavy atom. The summed E-state index contributed by atoms with van der Waals surface area (Å²) in [5.41, 5.74) is 2.07. The van der Waals surface area contributed by atoms with E-state index in [1.54, 1.807) is 36.4 Å². The van der Waals surface area contributed by atoms with Crippen molar-refractivity contribution >= 4 is 23.1 Å². The zero-order valence-electron chi connectivity index (χ0n) is 17.0. The molecule has 2 rings (SSSR count). The van der Waals surface area contributed by atoms with Crippen molar-refractivity contribution in [3.63, 3.8) is 0 Å². The van der Waals surface area contributed by atoms with Gasteiger partial charge in [0.25, 0.3) is 5.91 Å². The number of rotatable bonds is 8. The molecule has 0 aromatic heterocycles. The van der Waals surface area contributed by atoms with E-state index < -0.39 is 5.91 Å². The number of ether oxygens (including phenoxy) is 1. The number of Topliss-reactive ketones (excluding diaryl/α,β-unsaturated/α-hetero) is 1. The summed E-state index contributed by atoms with van der Waals surface area (Å²) in [6.45, 7) is 7.23. The molecule has 0 aliphatic heterocycles. The average molecular weight is 395 g/mol. The number of nitrogens with zero attached hydrogens (tertiary/aromatic N) is 2. The summed E-state index contributed by atoms with van der Waals surface area (Å²) in [6.07, 6.45) is 0.840. The van der Waals surface area contributed by atoms with Crippen LogP contribution < -0.4 is 10.1 Å². The summed E-state index contributed by atoms with van der Waals surface area (Å²) in [6, 6.07) is 12.0. The summed E-state index contributed by atoms with van der Waals surface area (Å²) in [4.78, 5) is 24.1. The van der Waals surface area contributed by atoms with Crippen LogP contribution in [-0.2, 0) is 4.79 Å². The minimum atomic E-state index is -0.641. The van der Waals surface area contributed by atoms with Crippen LogP contribution in [0.15, 0.2) is 64.1 Å². The van der Waals surface area contributed by atoms with Crippen LogP contribution in [0.2, 0.25) is 0 Å². The summed E-state index contributed by atoms with van der Waals surface area (Å²) in [5, 5.41) is 20.6. The van der Waals surface area contributed by atoms with Gasteiger partial charge in [-0.1, -0.05) is 25.1 Å². The van der Waals surface area contributed by atoms with Crippen molar-refractivity contribution in [2.75, 3.05) is 11.9 Å². The maximum atomic E-state index is 12.6. The molecule has 1 amide bonds. The molecule has 0 aliphatic carbocycles. The summed E-state index contributed by atoms with van der Waals surface area (Å²) in [5.74, 6) is -0.490. The lowest BCUT2D eigenvalue weighted by Gasteiger charge is -2.09. The van der Waals surface area contributed by atoms with Crippen LogP contribution in [0.1, 0.15) is 43.1 Å². The van der Waals surface area contributed by atoms with Crippen molar-refractivity contribution in [1.82, 2.24) is 0 Å². The van der Waals surface area contributed by atoms with Gasteiger partial charge in [-0.25, -0.2) is 0 Å². The lowest BCUT2D eigenvalue weighted by atomic mass is 10.1. The second-order valence-corrected chi connectivity index (χ2v) is 6.54. The first-order chi connectivity index (χ1) is 13.8. The number of carbonyl (C=O) groups is 2. The number of ketones is 1. The highest BCUT2D eigenvalue weighted by atomic mass is 16.5. The Balaban J connectivity index is 2.26. The Bertz CT molecular complexity index is 960. The molecular weight excluding hydrogens is 370 g/mol. The SMILES string of the molecule is CCCOc1ccc(C)cc1N=N/C(C(=O)Nc1cccc(C(C)=O)c1)=C(/C)O. The monoisotopic (exact) mass is 395 g/mol. The van der Waals surface area contributed by atoms with E-state index in [4.69, 9.17) is 4.74 Å². The Morgan fingerprint density at radius 1 is 1.14 bits per heavy atom. The molecule has 0 fully saturated rings. The van der Waals surface area contributed by atoms with E-state index in [0.29, 0.717) is 29.3 Å². The van der Waals surface area contributed by atoms with Crippen LogP contribution in [0, 0.1) is 6.92 Å². The first kappa shape index (κ1) is 21.8. The fourth-order valence-electron chi connectivity index (χ4n) is 2.43. The van der Waals surface area contributed by atoms with Gasteiger partial charge in [0.1, 0.15) is 17.2 Å². The molecule has 29 heavy (non-hydrogen) atoms. The molecule has 2 N–H and O–H groups in total. The van der Waals surface area contributed by atoms with Crippen LogP contribution in [0.5, 0.6) is 5.75 Å². The minimum Gasteiger partial charge on any atom is -0.510 e. The third kappa shape index (κ3) is 6.27. The number of azo groups is 1.